The minimum absolute atomic E-state index is 0.154. The zero-order valence-electron chi connectivity index (χ0n) is 15.0. The van der Waals surface area contributed by atoms with E-state index in [-0.39, 0.29) is 17.9 Å². The van der Waals surface area contributed by atoms with Gasteiger partial charge in [0.15, 0.2) is 0 Å². The van der Waals surface area contributed by atoms with Crippen molar-refractivity contribution in [3.8, 4) is 0 Å². The molecule has 1 amide bonds. The maximum absolute atomic E-state index is 12.7. The number of likely N-dealkylation sites (N-methyl/N-ethyl adjacent to an activating group) is 1. The van der Waals surface area contributed by atoms with Crippen LogP contribution >= 0.6 is 11.3 Å². The molecule has 0 unspecified atom stereocenters. The Balaban J connectivity index is 1.66. The van der Waals surface area contributed by atoms with Crippen molar-refractivity contribution in [3.63, 3.8) is 0 Å². The monoisotopic (exact) mass is 349 g/mol. The molecule has 0 spiro atoms. The van der Waals surface area contributed by atoms with Crippen LogP contribution in [0.25, 0.3) is 0 Å². The van der Waals surface area contributed by atoms with Gasteiger partial charge in [-0.3, -0.25) is 9.69 Å². The fourth-order valence-corrected chi connectivity index (χ4v) is 5.05. The highest BCUT2D eigenvalue weighted by Gasteiger charge is 2.31. The van der Waals surface area contributed by atoms with Gasteiger partial charge < -0.3 is 10.2 Å². The predicted octanol–water partition coefficient (Wildman–Crippen LogP) is 3.12. The van der Waals surface area contributed by atoms with Crippen molar-refractivity contribution in [2.45, 2.75) is 51.1 Å². The average Bonchev–Trinajstić information content (AvgIpc) is 3.11. The van der Waals surface area contributed by atoms with Crippen LogP contribution in [0.3, 0.4) is 0 Å². The lowest BCUT2D eigenvalue weighted by atomic mass is 9.88. The standard InChI is InChI=1S/C19H31N3OS/c1-15(20-19(23)16-7-4-3-5-8-16)18(17-9-6-14-24-17)22-12-10-21(2)11-13-22/h6,9,14-16,18H,3-5,7-8,10-13H2,1-2H3,(H,20,23)/t15-,18+/m1/s1. The molecular weight excluding hydrogens is 318 g/mol. The van der Waals surface area contributed by atoms with E-state index < -0.39 is 0 Å². The largest absolute Gasteiger partial charge is 0.351 e. The lowest BCUT2D eigenvalue weighted by Gasteiger charge is -2.40. The van der Waals surface area contributed by atoms with Gasteiger partial charge in [-0.15, -0.1) is 11.3 Å². The predicted molar refractivity (Wildman–Crippen MR) is 100 cm³/mol. The average molecular weight is 350 g/mol. The number of piperazine rings is 1. The number of amides is 1. The van der Waals surface area contributed by atoms with Crippen LogP contribution in [-0.2, 0) is 4.79 Å². The van der Waals surface area contributed by atoms with Crippen LogP contribution in [0, 0.1) is 5.92 Å². The Morgan fingerprint density at radius 3 is 2.54 bits per heavy atom. The van der Waals surface area contributed by atoms with Crippen LogP contribution < -0.4 is 5.32 Å². The summed E-state index contributed by atoms with van der Waals surface area (Å²) in [6.45, 7) is 6.53. The van der Waals surface area contributed by atoms with Gasteiger partial charge in [0.1, 0.15) is 0 Å². The first-order valence-electron chi connectivity index (χ1n) is 9.41. The molecule has 4 nitrogen and oxygen atoms in total. The molecule has 2 atom stereocenters. The summed E-state index contributed by atoms with van der Waals surface area (Å²) >= 11 is 1.81. The highest BCUT2D eigenvalue weighted by molar-refractivity contribution is 7.10. The number of nitrogens with zero attached hydrogens (tertiary/aromatic N) is 2. The number of hydrogen-bond acceptors (Lipinski definition) is 4. The Hall–Kier alpha value is -0.910. The molecule has 134 valence electrons. The van der Waals surface area contributed by atoms with Crippen molar-refractivity contribution in [3.05, 3.63) is 22.4 Å². The zero-order chi connectivity index (χ0) is 16.9. The number of hydrogen-bond donors (Lipinski definition) is 1. The summed E-state index contributed by atoms with van der Waals surface area (Å²) in [5, 5.41) is 5.51. The van der Waals surface area contributed by atoms with Crippen LogP contribution in [0.4, 0.5) is 0 Å². The second-order valence-corrected chi connectivity index (χ2v) is 8.41. The van der Waals surface area contributed by atoms with E-state index in [0.717, 1.165) is 39.0 Å². The molecule has 1 aromatic rings. The minimum Gasteiger partial charge on any atom is -0.351 e. The van der Waals surface area contributed by atoms with Gasteiger partial charge in [0.25, 0.3) is 0 Å². The van der Waals surface area contributed by atoms with Gasteiger partial charge in [-0.25, -0.2) is 0 Å². The van der Waals surface area contributed by atoms with E-state index in [9.17, 15) is 4.79 Å². The number of rotatable bonds is 5. The highest BCUT2D eigenvalue weighted by atomic mass is 32.1. The Labute approximate surface area is 150 Å². The lowest BCUT2D eigenvalue weighted by Crippen LogP contribution is -2.52. The lowest BCUT2D eigenvalue weighted by molar-refractivity contribution is -0.127. The first kappa shape index (κ1) is 17.9. The fraction of sp³-hybridized carbons (Fsp3) is 0.737. The van der Waals surface area contributed by atoms with E-state index in [1.807, 2.05) is 11.3 Å². The van der Waals surface area contributed by atoms with Gasteiger partial charge >= 0.3 is 0 Å². The third-order valence-corrected chi connectivity index (χ3v) is 6.53. The molecule has 0 aromatic carbocycles. The fourth-order valence-electron chi connectivity index (χ4n) is 4.09. The van der Waals surface area contributed by atoms with Crippen LogP contribution in [0.5, 0.6) is 0 Å². The molecule has 1 aromatic heterocycles. The molecule has 1 N–H and O–H groups in total. The van der Waals surface area contributed by atoms with Crippen molar-refractivity contribution < 1.29 is 4.79 Å². The Bertz CT molecular complexity index is 505. The molecule has 1 saturated heterocycles. The third kappa shape index (κ3) is 4.38. The minimum atomic E-state index is 0.154. The molecule has 24 heavy (non-hydrogen) atoms. The van der Waals surface area contributed by atoms with Gasteiger partial charge in [-0.05, 0) is 38.3 Å². The molecule has 0 bridgehead atoms. The first-order valence-corrected chi connectivity index (χ1v) is 10.3. The van der Waals surface area contributed by atoms with Gasteiger partial charge in [0.2, 0.25) is 5.91 Å². The van der Waals surface area contributed by atoms with Crippen molar-refractivity contribution >= 4 is 17.2 Å². The van der Waals surface area contributed by atoms with E-state index in [0.29, 0.717) is 6.04 Å². The molecule has 1 aliphatic carbocycles. The SMILES string of the molecule is C[C@@H](NC(=O)C1CCCCC1)[C@@H](c1cccs1)N1CCN(C)CC1. The molecule has 3 rings (SSSR count). The molecule has 2 heterocycles. The highest BCUT2D eigenvalue weighted by Crippen LogP contribution is 2.30. The number of thiophene rings is 1. The summed E-state index contributed by atoms with van der Waals surface area (Å²) < 4.78 is 0. The summed E-state index contributed by atoms with van der Waals surface area (Å²) in [6.07, 6.45) is 5.84. The summed E-state index contributed by atoms with van der Waals surface area (Å²) in [5.41, 5.74) is 0. The van der Waals surface area contributed by atoms with Crippen molar-refractivity contribution in [2.24, 2.45) is 5.92 Å². The van der Waals surface area contributed by atoms with Gasteiger partial charge in [-0.2, -0.15) is 0 Å². The summed E-state index contributed by atoms with van der Waals surface area (Å²) in [4.78, 5) is 19.0. The quantitative estimate of drug-likeness (QED) is 0.887. The van der Waals surface area contributed by atoms with E-state index in [1.54, 1.807) is 0 Å². The third-order valence-electron chi connectivity index (χ3n) is 5.59. The molecule has 2 aliphatic rings. The van der Waals surface area contributed by atoms with Crippen molar-refractivity contribution in [2.75, 3.05) is 33.2 Å². The Morgan fingerprint density at radius 2 is 1.92 bits per heavy atom. The summed E-state index contributed by atoms with van der Waals surface area (Å²) in [7, 11) is 2.19. The first-order chi connectivity index (χ1) is 11.6. The molecule has 1 saturated carbocycles. The van der Waals surface area contributed by atoms with Crippen LogP contribution in [0.15, 0.2) is 17.5 Å². The van der Waals surface area contributed by atoms with Crippen molar-refractivity contribution in [1.29, 1.82) is 0 Å². The van der Waals surface area contributed by atoms with Gasteiger partial charge in [0.05, 0.1) is 6.04 Å². The van der Waals surface area contributed by atoms with E-state index >= 15 is 0 Å². The smallest absolute Gasteiger partial charge is 0.223 e. The van der Waals surface area contributed by atoms with Crippen LogP contribution in [0.1, 0.15) is 49.9 Å². The van der Waals surface area contributed by atoms with Crippen LogP contribution in [-0.4, -0.2) is 55.0 Å². The zero-order valence-corrected chi connectivity index (χ0v) is 15.9. The maximum Gasteiger partial charge on any atom is 0.223 e. The topological polar surface area (TPSA) is 35.6 Å². The molecule has 1 aliphatic heterocycles. The molecular formula is C19H31N3OS. The van der Waals surface area contributed by atoms with E-state index in [1.165, 1.54) is 24.1 Å². The van der Waals surface area contributed by atoms with Crippen LogP contribution in [0.2, 0.25) is 0 Å². The second kappa shape index (κ2) is 8.45. The normalized spacial score (nSPS) is 23.8. The second-order valence-electron chi connectivity index (χ2n) is 7.43. The van der Waals surface area contributed by atoms with Crippen molar-refractivity contribution in [1.82, 2.24) is 15.1 Å². The molecule has 2 fully saturated rings. The Kier molecular flexibility index (Phi) is 6.31. The number of nitrogens with one attached hydrogen (secondary N) is 1. The Morgan fingerprint density at radius 1 is 1.21 bits per heavy atom. The number of carbonyl (C=O) groups excluding carboxylic acids is 1. The summed E-state index contributed by atoms with van der Waals surface area (Å²) in [6, 6.07) is 4.79. The summed E-state index contributed by atoms with van der Waals surface area (Å²) in [5.74, 6) is 0.510. The van der Waals surface area contributed by atoms with E-state index in [2.05, 4.69) is 46.6 Å². The molecule has 0 radical (unpaired) electrons. The number of carbonyl (C=O) groups is 1. The molecule has 5 heteroatoms. The van der Waals surface area contributed by atoms with Gasteiger partial charge in [-0.1, -0.05) is 25.3 Å². The van der Waals surface area contributed by atoms with E-state index in [4.69, 9.17) is 0 Å². The van der Waals surface area contributed by atoms with Gasteiger partial charge in [0, 0.05) is 43.0 Å². The maximum atomic E-state index is 12.7.